The van der Waals surface area contributed by atoms with Crippen molar-refractivity contribution in [2.75, 3.05) is 14.2 Å². The maximum Gasteiger partial charge on any atom is 0.160 e. The number of rotatable bonds is 10. The van der Waals surface area contributed by atoms with E-state index in [9.17, 15) is 0 Å². The fraction of sp³-hybridized carbons (Fsp3) is 0.647. The van der Waals surface area contributed by atoms with E-state index in [2.05, 4.69) is 13.0 Å². The molecular formula is C17H29NO2. The predicted molar refractivity (Wildman–Crippen MR) is 84.6 cm³/mol. The standard InChI is InChI=1S/C17H29NO2/c1-4-5-6-7-8-9-15(18)12-14-10-11-16(19-2)17(13-14)20-3/h10-11,13,15H,4-9,12,18H2,1-3H3. The summed E-state index contributed by atoms with van der Waals surface area (Å²) in [5.41, 5.74) is 7.42. The minimum Gasteiger partial charge on any atom is -0.493 e. The van der Waals surface area contributed by atoms with Crippen LogP contribution in [-0.2, 0) is 6.42 Å². The van der Waals surface area contributed by atoms with Crippen LogP contribution >= 0.6 is 0 Å². The van der Waals surface area contributed by atoms with Crippen LogP contribution in [0.3, 0.4) is 0 Å². The van der Waals surface area contributed by atoms with Crippen molar-refractivity contribution in [3.05, 3.63) is 23.8 Å². The van der Waals surface area contributed by atoms with Crippen LogP contribution in [0.4, 0.5) is 0 Å². The molecule has 0 saturated carbocycles. The summed E-state index contributed by atoms with van der Waals surface area (Å²) in [6.07, 6.45) is 8.48. The van der Waals surface area contributed by atoms with Gasteiger partial charge >= 0.3 is 0 Å². The number of unbranched alkanes of at least 4 members (excludes halogenated alkanes) is 4. The van der Waals surface area contributed by atoms with Crippen molar-refractivity contribution in [1.82, 2.24) is 0 Å². The number of methoxy groups -OCH3 is 2. The molecular weight excluding hydrogens is 250 g/mol. The molecule has 0 aliphatic rings. The molecule has 0 saturated heterocycles. The summed E-state index contributed by atoms with van der Waals surface area (Å²) in [6.45, 7) is 2.24. The predicted octanol–water partition coefficient (Wildman–Crippen LogP) is 3.93. The first-order chi connectivity index (χ1) is 9.71. The molecule has 0 amide bonds. The Morgan fingerprint density at radius 2 is 1.70 bits per heavy atom. The molecule has 0 aliphatic heterocycles. The lowest BCUT2D eigenvalue weighted by Gasteiger charge is -2.14. The Kier molecular flexibility index (Phi) is 8.12. The lowest BCUT2D eigenvalue weighted by atomic mass is 10.0. The van der Waals surface area contributed by atoms with Crippen LogP contribution in [0.2, 0.25) is 0 Å². The Labute approximate surface area is 123 Å². The van der Waals surface area contributed by atoms with Gasteiger partial charge in [-0.3, -0.25) is 0 Å². The molecule has 0 aromatic heterocycles. The first-order valence-corrected chi connectivity index (χ1v) is 7.67. The van der Waals surface area contributed by atoms with Gasteiger partial charge in [0.15, 0.2) is 11.5 Å². The van der Waals surface area contributed by atoms with Crippen LogP contribution in [0.5, 0.6) is 11.5 Å². The summed E-state index contributed by atoms with van der Waals surface area (Å²) in [5, 5.41) is 0. The second-order valence-corrected chi connectivity index (χ2v) is 5.36. The van der Waals surface area contributed by atoms with Crippen LogP contribution in [0.1, 0.15) is 51.0 Å². The Hall–Kier alpha value is -1.22. The van der Waals surface area contributed by atoms with Crippen LogP contribution in [0.15, 0.2) is 18.2 Å². The number of hydrogen-bond acceptors (Lipinski definition) is 3. The second kappa shape index (κ2) is 9.65. The van der Waals surface area contributed by atoms with Gasteiger partial charge < -0.3 is 15.2 Å². The molecule has 3 heteroatoms. The summed E-state index contributed by atoms with van der Waals surface area (Å²) in [6, 6.07) is 6.27. The van der Waals surface area contributed by atoms with Crippen molar-refractivity contribution < 1.29 is 9.47 Å². The van der Waals surface area contributed by atoms with Crippen molar-refractivity contribution in [2.45, 2.75) is 57.9 Å². The van der Waals surface area contributed by atoms with Crippen LogP contribution in [-0.4, -0.2) is 20.3 Å². The van der Waals surface area contributed by atoms with E-state index in [1.807, 2.05) is 12.1 Å². The Bertz CT molecular complexity index is 379. The molecule has 0 spiro atoms. The van der Waals surface area contributed by atoms with Gasteiger partial charge in [0, 0.05) is 6.04 Å². The van der Waals surface area contributed by atoms with Crippen molar-refractivity contribution in [1.29, 1.82) is 0 Å². The molecule has 0 bridgehead atoms. The van der Waals surface area contributed by atoms with Gasteiger partial charge in [-0.15, -0.1) is 0 Å². The topological polar surface area (TPSA) is 44.5 Å². The Morgan fingerprint density at radius 3 is 2.35 bits per heavy atom. The molecule has 3 nitrogen and oxygen atoms in total. The van der Waals surface area contributed by atoms with Crippen molar-refractivity contribution in [3.63, 3.8) is 0 Å². The highest BCUT2D eigenvalue weighted by Gasteiger charge is 2.08. The van der Waals surface area contributed by atoms with Crippen LogP contribution < -0.4 is 15.2 Å². The third-order valence-corrected chi connectivity index (χ3v) is 3.62. The first-order valence-electron chi connectivity index (χ1n) is 7.67. The van der Waals surface area contributed by atoms with E-state index in [0.717, 1.165) is 24.3 Å². The highest BCUT2D eigenvalue weighted by molar-refractivity contribution is 5.43. The van der Waals surface area contributed by atoms with Gasteiger partial charge in [-0.25, -0.2) is 0 Å². The van der Waals surface area contributed by atoms with E-state index in [1.54, 1.807) is 14.2 Å². The number of hydrogen-bond donors (Lipinski definition) is 1. The maximum atomic E-state index is 6.21. The van der Waals surface area contributed by atoms with Gasteiger partial charge in [-0.05, 0) is 30.5 Å². The Morgan fingerprint density at radius 1 is 1.00 bits per heavy atom. The quantitative estimate of drug-likeness (QED) is 0.660. The lowest BCUT2D eigenvalue weighted by Crippen LogP contribution is -2.22. The summed E-state index contributed by atoms with van der Waals surface area (Å²) in [5.74, 6) is 1.55. The van der Waals surface area contributed by atoms with Crippen molar-refractivity contribution in [3.8, 4) is 11.5 Å². The molecule has 1 unspecified atom stereocenters. The number of benzene rings is 1. The zero-order valence-corrected chi connectivity index (χ0v) is 13.2. The van der Waals surface area contributed by atoms with Gasteiger partial charge in [-0.2, -0.15) is 0 Å². The van der Waals surface area contributed by atoms with Crippen LogP contribution in [0.25, 0.3) is 0 Å². The molecule has 1 aromatic carbocycles. The van der Waals surface area contributed by atoms with Crippen LogP contribution in [0, 0.1) is 0 Å². The maximum absolute atomic E-state index is 6.21. The minimum atomic E-state index is 0.231. The highest BCUT2D eigenvalue weighted by atomic mass is 16.5. The van der Waals surface area contributed by atoms with Crippen molar-refractivity contribution >= 4 is 0 Å². The molecule has 1 rings (SSSR count). The second-order valence-electron chi connectivity index (χ2n) is 5.36. The van der Waals surface area contributed by atoms with Gasteiger partial charge in [0.25, 0.3) is 0 Å². The van der Waals surface area contributed by atoms with Gasteiger partial charge in [0.05, 0.1) is 14.2 Å². The van der Waals surface area contributed by atoms with Gasteiger partial charge in [-0.1, -0.05) is 45.1 Å². The molecule has 1 aromatic rings. The van der Waals surface area contributed by atoms with Gasteiger partial charge in [0.1, 0.15) is 0 Å². The van der Waals surface area contributed by atoms with E-state index in [4.69, 9.17) is 15.2 Å². The zero-order chi connectivity index (χ0) is 14.8. The molecule has 114 valence electrons. The van der Waals surface area contributed by atoms with Crippen molar-refractivity contribution in [2.24, 2.45) is 5.73 Å². The summed E-state index contributed by atoms with van der Waals surface area (Å²) in [7, 11) is 3.31. The third kappa shape index (κ3) is 5.83. The SMILES string of the molecule is CCCCCCCC(N)Cc1ccc(OC)c(OC)c1. The average Bonchev–Trinajstić information content (AvgIpc) is 2.46. The molecule has 1 atom stereocenters. The fourth-order valence-electron chi connectivity index (χ4n) is 2.42. The third-order valence-electron chi connectivity index (χ3n) is 3.62. The molecule has 2 N–H and O–H groups in total. The lowest BCUT2D eigenvalue weighted by molar-refractivity contribution is 0.354. The smallest absolute Gasteiger partial charge is 0.160 e. The summed E-state index contributed by atoms with van der Waals surface area (Å²) in [4.78, 5) is 0. The first kappa shape index (κ1) is 16.8. The zero-order valence-electron chi connectivity index (χ0n) is 13.2. The normalized spacial score (nSPS) is 12.2. The van der Waals surface area contributed by atoms with E-state index < -0.39 is 0 Å². The monoisotopic (exact) mass is 279 g/mol. The molecule has 0 fully saturated rings. The fourth-order valence-corrected chi connectivity index (χ4v) is 2.42. The Balaban J connectivity index is 2.39. The molecule has 20 heavy (non-hydrogen) atoms. The molecule has 0 radical (unpaired) electrons. The number of nitrogens with two attached hydrogens (primary N) is 1. The summed E-state index contributed by atoms with van der Waals surface area (Å²) >= 11 is 0. The van der Waals surface area contributed by atoms with Gasteiger partial charge in [0.2, 0.25) is 0 Å². The molecule has 0 heterocycles. The van der Waals surface area contributed by atoms with E-state index >= 15 is 0 Å². The molecule has 0 aliphatic carbocycles. The largest absolute Gasteiger partial charge is 0.493 e. The number of ether oxygens (including phenoxy) is 2. The van der Waals surface area contributed by atoms with E-state index in [1.165, 1.54) is 37.7 Å². The summed E-state index contributed by atoms with van der Waals surface area (Å²) < 4.78 is 10.6. The van der Waals surface area contributed by atoms with E-state index in [0.29, 0.717) is 0 Å². The van der Waals surface area contributed by atoms with E-state index in [-0.39, 0.29) is 6.04 Å². The average molecular weight is 279 g/mol. The highest BCUT2D eigenvalue weighted by Crippen LogP contribution is 2.28. The minimum absolute atomic E-state index is 0.231.